The van der Waals surface area contributed by atoms with Gasteiger partial charge in [-0.1, -0.05) is 0 Å². The van der Waals surface area contributed by atoms with Gasteiger partial charge in [0.1, 0.15) is 0 Å². The van der Waals surface area contributed by atoms with Crippen LogP contribution < -0.4 is 10.6 Å². The maximum atomic E-state index is 8.93. The van der Waals surface area contributed by atoms with Crippen molar-refractivity contribution in [2.45, 2.75) is 13.5 Å². The first-order valence-electron chi connectivity index (χ1n) is 5.65. The second-order valence-corrected chi connectivity index (χ2v) is 5.27. The van der Waals surface area contributed by atoms with Gasteiger partial charge in [0.15, 0.2) is 0 Å². The van der Waals surface area contributed by atoms with Crippen molar-refractivity contribution >= 4 is 22.7 Å². The third kappa shape index (κ3) is 2.47. The van der Waals surface area contributed by atoms with E-state index in [0.717, 1.165) is 12.2 Å². The lowest BCUT2D eigenvalue weighted by Crippen LogP contribution is -2.17. The Morgan fingerprint density at radius 3 is 2.78 bits per heavy atom. The number of aryl methyl sites for hydroxylation is 1. The molecule has 0 bridgehead atoms. The zero-order chi connectivity index (χ0) is 13.1. The Kier molecular flexibility index (Phi) is 3.54. The molecule has 2 N–H and O–H groups in total. The minimum atomic E-state index is 0.633. The van der Waals surface area contributed by atoms with E-state index in [4.69, 9.17) is 11.0 Å². The highest BCUT2D eigenvalue weighted by molar-refractivity contribution is 7.10. The van der Waals surface area contributed by atoms with Gasteiger partial charge in [0.2, 0.25) is 0 Å². The molecule has 3 nitrogen and oxygen atoms in total. The summed E-state index contributed by atoms with van der Waals surface area (Å²) in [6.45, 7) is 2.91. The standard InChI is InChI=1S/C14H15N3S/c1-10-5-6-18-14(10)9-17(2)13-7-11(8-15)3-4-12(13)16/h3-7H,9,16H2,1-2H3. The monoisotopic (exact) mass is 257 g/mol. The van der Waals surface area contributed by atoms with Crippen molar-refractivity contribution < 1.29 is 0 Å². The van der Waals surface area contributed by atoms with Crippen LogP contribution in [0.15, 0.2) is 29.6 Å². The lowest BCUT2D eigenvalue weighted by Gasteiger charge is -2.21. The summed E-state index contributed by atoms with van der Waals surface area (Å²) in [7, 11) is 1.99. The van der Waals surface area contributed by atoms with Crippen LogP contribution in [0.25, 0.3) is 0 Å². The Balaban J connectivity index is 2.26. The minimum absolute atomic E-state index is 0.633. The Morgan fingerprint density at radius 1 is 1.39 bits per heavy atom. The van der Waals surface area contributed by atoms with Crippen molar-refractivity contribution in [2.75, 3.05) is 17.7 Å². The van der Waals surface area contributed by atoms with Crippen LogP contribution in [-0.4, -0.2) is 7.05 Å². The normalized spacial score (nSPS) is 10.1. The number of nitriles is 1. The highest BCUT2D eigenvalue weighted by atomic mass is 32.1. The van der Waals surface area contributed by atoms with Gasteiger partial charge < -0.3 is 10.6 Å². The summed E-state index contributed by atoms with van der Waals surface area (Å²) in [6, 6.07) is 9.61. The molecule has 1 aromatic carbocycles. The molecule has 0 saturated carbocycles. The molecule has 0 saturated heterocycles. The van der Waals surface area contributed by atoms with Crippen LogP contribution in [-0.2, 0) is 6.54 Å². The number of benzene rings is 1. The first-order chi connectivity index (χ1) is 8.61. The van der Waals surface area contributed by atoms with Crippen molar-refractivity contribution in [2.24, 2.45) is 0 Å². The molecular formula is C14H15N3S. The van der Waals surface area contributed by atoms with Gasteiger partial charge in [-0.15, -0.1) is 11.3 Å². The van der Waals surface area contributed by atoms with E-state index in [-0.39, 0.29) is 0 Å². The van der Waals surface area contributed by atoms with Crippen LogP contribution in [0.2, 0.25) is 0 Å². The average Bonchev–Trinajstić information content (AvgIpc) is 2.75. The van der Waals surface area contributed by atoms with Gasteiger partial charge in [-0.05, 0) is 42.1 Å². The Morgan fingerprint density at radius 2 is 2.17 bits per heavy atom. The second-order valence-electron chi connectivity index (χ2n) is 4.27. The number of hydrogen-bond acceptors (Lipinski definition) is 4. The Hall–Kier alpha value is -1.99. The van der Waals surface area contributed by atoms with Crippen molar-refractivity contribution in [1.82, 2.24) is 0 Å². The van der Waals surface area contributed by atoms with E-state index in [1.54, 1.807) is 23.5 Å². The molecule has 0 spiro atoms. The molecule has 0 atom stereocenters. The van der Waals surface area contributed by atoms with Crippen LogP contribution in [0.5, 0.6) is 0 Å². The number of nitrogen functional groups attached to an aromatic ring is 1. The quantitative estimate of drug-likeness (QED) is 0.859. The van der Waals surface area contributed by atoms with Crippen LogP contribution in [0, 0.1) is 18.3 Å². The largest absolute Gasteiger partial charge is 0.397 e. The number of anilines is 2. The molecule has 1 aromatic heterocycles. The summed E-state index contributed by atoms with van der Waals surface area (Å²) in [4.78, 5) is 3.40. The summed E-state index contributed by atoms with van der Waals surface area (Å²) >= 11 is 1.74. The van der Waals surface area contributed by atoms with Gasteiger partial charge in [0, 0.05) is 11.9 Å². The predicted octanol–water partition coefficient (Wildman–Crippen LogP) is 3.15. The van der Waals surface area contributed by atoms with Crippen molar-refractivity contribution in [3.63, 3.8) is 0 Å². The van der Waals surface area contributed by atoms with Gasteiger partial charge in [0.05, 0.1) is 29.6 Å². The number of nitrogens with zero attached hydrogens (tertiary/aromatic N) is 2. The zero-order valence-corrected chi connectivity index (χ0v) is 11.3. The molecule has 2 rings (SSSR count). The molecule has 0 amide bonds. The molecule has 0 aliphatic rings. The molecule has 4 heteroatoms. The van der Waals surface area contributed by atoms with Gasteiger partial charge in [0.25, 0.3) is 0 Å². The molecule has 0 aliphatic carbocycles. The topological polar surface area (TPSA) is 53.0 Å². The average molecular weight is 257 g/mol. The predicted molar refractivity (Wildman–Crippen MR) is 76.7 cm³/mol. The van der Waals surface area contributed by atoms with Gasteiger partial charge in [-0.25, -0.2) is 0 Å². The number of hydrogen-bond donors (Lipinski definition) is 1. The van der Waals surface area contributed by atoms with E-state index >= 15 is 0 Å². The van der Waals surface area contributed by atoms with E-state index in [1.165, 1.54) is 10.4 Å². The molecule has 0 unspecified atom stereocenters. The fourth-order valence-corrected chi connectivity index (χ4v) is 2.77. The lowest BCUT2D eigenvalue weighted by molar-refractivity contribution is 0.935. The third-order valence-corrected chi connectivity index (χ3v) is 3.93. The van der Waals surface area contributed by atoms with Gasteiger partial charge >= 0.3 is 0 Å². The third-order valence-electron chi connectivity index (χ3n) is 2.92. The van der Waals surface area contributed by atoms with Crippen LogP contribution in [0.1, 0.15) is 16.0 Å². The van der Waals surface area contributed by atoms with Crippen molar-refractivity contribution in [3.05, 3.63) is 45.6 Å². The van der Waals surface area contributed by atoms with Crippen LogP contribution in [0.4, 0.5) is 11.4 Å². The van der Waals surface area contributed by atoms with E-state index in [1.807, 2.05) is 13.1 Å². The second kappa shape index (κ2) is 5.11. The lowest BCUT2D eigenvalue weighted by atomic mass is 10.1. The maximum absolute atomic E-state index is 8.93. The zero-order valence-electron chi connectivity index (χ0n) is 10.5. The first-order valence-corrected chi connectivity index (χ1v) is 6.53. The highest BCUT2D eigenvalue weighted by Gasteiger charge is 2.09. The molecular weight excluding hydrogens is 242 g/mol. The molecule has 0 aliphatic heterocycles. The first kappa shape index (κ1) is 12.5. The molecule has 18 heavy (non-hydrogen) atoms. The maximum Gasteiger partial charge on any atom is 0.0992 e. The van der Waals surface area contributed by atoms with Crippen LogP contribution in [0.3, 0.4) is 0 Å². The number of rotatable bonds is 3. The summed E-state index contributed by atoms with van der Waals surface area (Å²) in [5, 5.41) is 11.0. The minimum Gasteiger partial charge on any atom is -0.397 e. The van der Waals surface area contributed by atoms with E-state index in [0.29, 0.717) is 11.3 Å². The summed E-state index contributed by atoms with van der Waals surface area (Å²) in [5.41, 5.74) is 9.50. The SMILES string of the molecule is Cc1ccsc1CN(C)c1cc(C#N)ccc1N. The van der Waals surface area contributed by atoms with Crippen molar-refractivity contribution in [3.8, 4) is 6.07 Å². The smallest absolute Gasteiger partial charge is 0.0992 e. The molecule has 92 valence electrons. The van der Waals surface area contributed by atoms with Gasteiger partial charge in [-0.3, -0.25) is 0 Å². The van der Waals surface area contributed by atoms with E-state index in [2.05, 4.69) is 29.3 Å². The number of thiophene rings is 1. The fourth-order valence-electron chi connectivity index (χ4n) is 1.81. The highest BCUT2D eigenvalue weighted by Crippen LogP contribution is 2.26. The Bertz CT molecular complexity index is 595. The molecule has 0 radical (unpaired) electrons. The molecule has 2 aromatic rings. The van der Waals surface area contributed by atoms with Crippen molar-refractivity contribution in [1.29, 1.82) is 5.26 Å². The van der Waals surface area contributed by atoms with E-state index < -0.39 is 0 Å². The summed E-state index contributed by atoms with van der Waals surface area (Å²) in [6.07, 6.45) is 0. The Labute approximate surface area is 111 Å². The molecule has 1 heterocycles. The number of nitrogens with two attached hydrogens (primary N) is 1. The van der Waals surface area contributed by atoms with Gasteiger partial charge in [-0.2, -0.15) is 5.26 Å². The van der Waals surface area contributed by atoms with E-state index in [9.17, 15) is 0 Å². The summed E-state index contributed by atoms with van der Waals surface area (Å²) in [5.74, 6) is 0. The molecule has 0 fully saturated rings. The summed E-state index contributed by atoms with van der Waals surface area (Å²) < 4.78 is 0. The fraction of sp³-hybridized carbons (Fsp3) is 0.214. The van der Waals surface area contributed by atoms with Crippen LogP contribution >= 0.6 is 11.3 Å².